The smallest absolute Gasteiger partial charge is 0.258 e. The summed E-state index contributed by atoms with van der Waals surface area (Å²) in [7, 11) is 1.64. The van der Waals surface area contributed by atoms with Crippen LogP contribution in [0.2, 0.25) is 0 Å². The van der Waals surface area contributed by atoms with Crippen molar-refractivity contribution in [1.82, 2.24) is 20.4 Å². The molecule has 1 aliphatic heterocycles. The van der Waals surface area contributed by atoms with Crippen molar-refractivity contribution in [2.45, 2.75) is 31.7 Å². The maximum Gasteiger partial charge on any atom is 0.258 e. The summed E-state index contributed by atoms with van der Waals surface area (Å²) in [6.07, 6.45) is 2.07. The van der Waals surface area contributed by atoms with Gasteiger partial charge in [0, 0.05) is 22.7 Å². The fourth-order valence-corrected chi connectivity index (χ4v) is 4.64. The lowest BCUT2D eigenvalue weighted by atomic mass is 9.94. The predicted molar refractivity (Wildman–Crippen MR) is 137 cm³/mol. The van der Waals surface area contributed by atoms with Crippen LogP contribution >= 0.6 is 24.0 Å². The molecule has 0 aliphatic carbocycles. The molecule has 0 amide bonds. The third-order valence-corrected chi connectivity index (χ3v) is 6.66. The molecule has 0 saturated heterocycles. The molecule has 0 spiro atoms. The molecule has 8 heteroatoms. The number of hydrogen-bond acceptors (Lipinski definition) is 6. The van der Waals surface area contributed by atoms with Gasteiger partial charge in [0.05, 0.1) is 18.7 Å². The molecule has 0 fully saturated rings. The third kappa shape index (κ3) is 4.91. The Labute approximate surface area is 204 Å². The highest BCUT2D eigenvalue weighted by molar-refractivity contribution is 7.98. The van der Waals surface area contributed by atoms with E-state index in [1.165, 1.54) is 4.90 Å². The lowest BCUT2D eigenvalue weighted by Crippen LogP contribution is -2.47. The van der Waals surface area contributed by atoms with Crippen molar-refractivity contribution in [1.29, 1.82) is 0 Å². The van der Waals surface area contributed by atoms with Crippen molar-refractivity contribution in [3.8, 4) is 17.1 Å². The molecule has 172 valence electrons. The number of nitrogens with one attached hydrogen (secondary N) is 1. The zero-order valence-corrected chi connectivity index (χ0v) is 21.1. The van der Waals surface area contributed by atoms with Crippen LogP contribution in [-0.4, -0.2) is 40.1 Å². The van der Waals surface area contributed by atoms with Crippen molar-refractivity contribution >= 4 is 34.7 Å². The van der Waals surface area contributed by atoms with Gasteiger partial charge < -0.3 is 19.5 Å². The zero-order valence-electron chi connectivity index (χ0n) is 19.5. The third-order valence-electron chi connectivity index (χ3n) is 5.58. The first-order valence-electron chi connectivity index (χ1n) is 10.8. The van der Waals surface area contributed by atoms with E-state index in [0.717, 1.165) is 34.7 Å². The molecule has 1 atom stereocenters. The highest BCUT2D eigenvalue weighted by Gasteiger charge is 2.34. The molecular formula is C25H28N4O2S2. The Morgan fingerprint density at radius 3 is 2.64 bits per heavy atom. The Bertz CT molecular complexity index is 1170. The molecule has 3 aromatic rings. The van der Waals surface area contributed by atoms with Crippen LogP contribution in [0.3, 0.4) is 0 Å². The van der Waals surface area contributed by atoms with E-state index >= 15 is 0 Å². The Hall–Kier alpha value is -2.84. The average molecular weight is 481 g/mol. The van der Waals surface area contributed by atoms with E-state index in [2.05, 4.69) is 66.7 Å². The number of allylic oxidation sites excluding steroid dienone is 1. The summed E-state index contributed by atoms with van der Waals surface area (Å²) in [6.45, 7) is 7.23. The van der Waals surface area contributed by atoms with Crippen LogP contribution in [0.4, 0.5) is 0 Å². The molecule has 0 saturated carbocycles. The number of rotatable bonds is 7. The van der Waals surface area contributed by atoms with Gasteiger partial charge in [0.15, 0.2) is 5.11 Å². The number of ether oxygens (including phenoxy) is 1. The Kier molecular flexibility index (Phi) is 7.05. The molecule has 0 radical (unpaired) electrons. The van der Waals surface area contributed by atoms with Crippen molar-refractivity contribution in [2.75, 3.05) is 19.9 Å². The molecule has 6 nitrogen and oxygen atoms in total. The van der Waals surface area contributed by atoms with Crippen molar-refractivity contribution in [3.63, 3.8) is 0 Å². The summed E-state index contributed by atoms with van der Waals surface area (Å²) < 4.78 is 11.2. The molecule has 1 unspecified atom stereocenters. The summed E-state index contributed by atoms with van der Waals surface area (Å²) in [5, 5.41) is 8.50. The second kappa shape index (κ2) is 9.97. The molecule has 1 aromatic heterocycles. The Balaban J connectivity index is 1.79. The molecule has 33 heavy (non-hydrogen) atoms. The second-order valence-corrected chi connectivity index (χ2v) is 9.58. The molecule has 0 bridgehead atoms. The average Bonchev–Trinajstić information content (AvgIpc) is 3.31. The second-order valence-electron chi connectivity index (χ2n) is 8.31. The van der Waals surface area contributed by atoms with Gasteiger partial charge in [-0.1, -0.05) is 43.3 Å². The quantitative estimate of drug-likeness (QED) is 0.337. The topological polar surface area (TPSA) is 63.4 Å². The van der Waals surface area contributed by atoms with Gasteiger partial charge in [-0.05, 0) is 61.1 Å². The minimum absolute atomic E-state index is 0.185. The lowest BCUT2D eigenvalue weighted by Gasteiger charge is -2.38. The van der Waals surface area contributed by atoms with Gasteiger partial charge in [0.25, 0.3) is 5.89 Å². The van der Waals surface area contributed by atoms with Crippen LogP contribution in [0.25, 0.3) is 17.0 Å². The molecular weight excluding hydrogens is 452 g/mol. The van der Waals surface area contributed by atoms with E-state index < -0.39 is 0 Å². The summed E-state index contributed by atoms with van der Waals surface area (Å²) in [5.74, 6) is 2.18. The number of methoxy groups -OCH3 is 1. The first kappa shape index (κ1) is 23.3. The van der Waals surface area contributed by atoms with Gasteiger partial charge >= 0.3 is 0 Å². The van der Waals surface area contributed by atoms with Crippen LogP contribution in [0, 0.1) is 5.92 Å². The summed E-state index contributed by atoms with van der Waals surface area (Å²) in [5.41, 5.74) is 3.88. The number of benzene rings is 2. The van der Waals surface area contributed by atoms with E-state index in [1.54, 1.807) is 18.9 Å². The largest absolute Gasteiger partial charge is 0.497 e. The number of aromatic nitrogens is 2. The maximum absolute atomic E-state index is 5.81. The molecule has 1 aliphatic rings. The van der Waals surface area contributed by atoms with Gasteiger partial charge in [-0.25, -0.2) is 0 Å². The fraction of sp³-hybridized carbons (Fsp3) is 0.320. The monoisotopic (exact) mass is 480 g/mol. The highest BCUT2D eigenvalue weighted by Crippen LogP contribution is 2.38. The van der Waals surface area contributed by atoms with Crippen molar-refractivity contribution in [2.24, 2.45) is 5.92 Å². The summed E-state index contributed by atoms with van der Waals surface area (Å²) in [6, 6.07) is 15.9. The Morgan fingerprint density at radius 1 is 1.21 bits per heavy atom. The number of nitrogens with zero attached hydrogens (tertiary/aromatic N) is 3. The van der Waals surface area contributed by atoms with E-state index in [1.807, 2.05) is 24.3 Å². The van der Waals surface area contributed by atoms with Gasteiger partial charge in [-0.3, -0.25) is 0 Å². The number of thioether (sulfide) groups is 1. The number of thiocarbonyl (C=S) groups is 1. The van der Waals surface area contributed by atoms with Crippen LogP contribution in [0.1, 0.15) is 38.3 Å². The molecule has 2 heterocycles. The van der Waals surface area contributed by atoms with Crippen LogP contribution < -0.4 is 10.1 Å². The van der Waals surface area contributed by atoms with Crippen molar-refractivity contribution in [3.05, 3.63) is 65.7 Å². The van der Waals surface area contributed by atoms with Crippen LogP contribution in [-0.2, 0) is 0 Å². The minimum atomic E-state index is -0.185. The predicted octanol–water partition coefficient (Wildman–Crippen LogP) is 5.79. The zero-order chi connectivity index (χ0) is 23.5. The van der Waals surface area contributed by atoms with E-state index in [9.17, 15) is 0 Å². The van der Waals surface area contributed by atoms with E-state index in [0.29, 0.717) is 22.7 Å². The minimum Gasteiger partial charge on any atom is -0.497 e. The van der Waals surface area contributed by atoms with Gasteiger partial charge in [0.2, 0.25) is 5.82 Å². The van der Waals surface area contributed by atoms with E-state index in [-0.39, 0.29) is 6.04 Å². The summed E-state index contributed by atoms with van der Waals surface area (Å²) >= 11 is 7.47. The van der Waals surface area contributed by atoms with Gasteiger partial charge in [-0.15, -0.1) is 11.8 Å². The van der Waals surface area contributed by atoms with Crippen LogP contribution in [0.5, 0.6) is 5.75 Å². The molecule has 2 aromatic carbocycles. The number of hydrogen-bond donors (Lipinski definition) is 1. The SMILES string of the molecule is COc1cccc(-c2noc(C3=C(C)N(CC(C)C)C(=S)NC3c3ccc(SC)cc3)n2)c1. The Morgan fingerprint density at radius 2 is 1.97 bits per heavy atom. The maximum atomic E-state index is 5.81. The van der Waals surface area contributed by atoms with E-state index in [4.69, 9.17) is 26.5 Å². The highest BCUT2D eigenvalue weighted by atomic mass is 32.2. The first-order chi connectivity index (χ1) is 15.9. The molecule has 1 N–H and O–H groups in total. The van der Waals surface area contributed by atoms with Crippen molar-refractivity contribution < 1.29 is 9.26 Å². The standard InChI is InChI=1S/C25H28N4O2S2/c1-15(2)14-29-16(3)21(22(26-25(29)32)17-9-11-20(33-5)12-10-17)24-27-23(28-31-24)18-7-6-8-19(13-18)30-4/h6-13,15,22H,14H2,1-5H3,(H,26,32). The van der Waals surface area contributed by atoms with Crippen LogP contribution in [0.15, 0.2) is 63.6 Å². The lowest BCUT2D eigenvalue weighted by molar-refractivity contribution is 0.386. The normalized spacial score (nSPS) is 16.4. The molecule has 4 rings (SSSR count). The van der Waals surface area contributed by atoms with Gasteiger partial charge in [-0.2, -0.15) is 4.98 Å². The fourth-order valence-electron chi connectivity index (χ4n) is 3.90. The summed E-state index contributed by atoms with van der Waals surface area (Å²) in [4.78, 5) is 8.10. The first-order valence-corrected chi connectivity index (χ1v) is 12.5. The van der Waals surface area contributed by atoms with Gasteiger partial charge in [0.1, 0.15) is 5.75 Å².